The van der Waals surface area contributed by atoms with Crippen molar-refractivity contribution in [2.45, 2.75) is 56.9 Å². The predicted octanol–water partition coefficient (Wildman–Crippen LogP) is 1.73. The topological polar surface area (TPSA) is 60.8 Å². The molecule has 0 bridgehead atoms. The van der Waals surface area contributed by atoms with E-state index in [9.17, 15) is 19.4 Å². The Kier molecular flexibility index (Phi) is 6.69. The van der Waals surface area contributed by atoms with Gasteiger partial charge in [0.15, 0.2) is 0 Å². The molecular formula is C18H26FNO3. The van der Waals surface area contributed by atoms with Crippen molar-refractivity contribution in [3.63, 3.8) is 0 Å². The highest BCUT2D eigenvalue weighted by molar-refractivity contribution is 5.79. The fraction of sp³-hybridized carbons (Fsp3) is 0.611. The number of benzene rings is 1. The lowest BCUT2D eigenvalue weighted by molar-refractivity contribution is -0.121. The molecule has 0 saturated carbocycles. The predicted molar refractivity (Wildman–Crippen MR) is 86.9 cm³/mol. The number of aliphatic hydroxyl groups excluding tert-OH is 2. The van der Waals surface area contributed by atoms with Crippen LogP contribution >= 0.6 is 0 Å². The van der Waals surface area contributed by atoms with E-state index in [-0.39, 0.29) is 12.2 Å². The maximum Gasteiger partial charge on any atom is 0.134 e. The van der Waals surface area contributed by atoms with Gasteiger partial charge in [0, 0.05) is 25.4 Å². The molecule has 2 N–H and O–H groups in total. The Morgan fingerprint density at radius 1 is 1.17 bits per heavy atom. The highest BCUT2D eigenvalue weighted by Gasteiger charge is 2.47. The van der Waals surface area contributed by atoms with Gasteiger partial charge in [0.25, 0.3) is 0 Å². The first-order valence-electron chi connectivity index (χ1n) is 8.32. The van der Waals surface area contributed by atoms with Crippen LogP contribution in [0.1, 0.15) is 31.7 Å². The molecule has 1 aliphatic heterocycles. The second kappa shape index (κ2) is 8.52. The highest BCUT2D eigenvalue weighted by Crippen LogP contribution is 2.28. The number of ketones is 1. The van der Waals surface area contributed by atoms with Crippen molar-refractivity contribution in [2.24, 2.45) is 0 Å². The number of carbonyl (C=O) groups excluding carboxylic acids is 1. The number of halogens is 1. The molecule has 23 heavy (non-hydrogen) atoms. The lowest BCUT2D eigenvalue weighted by Gasteiger charge is -2.29. The second-order valence-electron chi connectivity index (χ2n) is 6.24. The number of aliphatic hydroxyl groups is 2. The smallest absolute Gasteiger partial charge is 0.134 e. The molecule has 2 rings (SSSR count). The molecule has 1 aromatic carbocycles. The number of Topliss-reactive ketones (excluding diaryl/α,β-unsaturated/α-hetero) is 1. The first-order chi connectivity index (χ1) is 11.1. The van der Waals surface area contributed by atoms with E-state index in [0.717, 1.165) is 12.0 Å². The summed E-state index contributed by atoms with van der Waals surface area (Å²) in [6, 6.07) is 8.55. The standard InChI is InChI=1S/C18H26FNO3/c1-2-6-14(21)11-15-17(22)18(23)16(12-19)20(15)10-9-13-7-4-3-5-8-13/h3-5,7-8,15-18,22-23H,2,6,9-12H2,1H3/t15-,16-,17-,18-/m1/s1. The summed E-state index contributed by atoms with van der Waals surface area (Å²) in [5.74, 6) is 0.0490. The van der Waals surface area contributed by atoms with Crippen molar-refractivity contribution in [1.29, 1.82) is 0 Å². The maximum absolute atomic E-state index is 13.4. The molecule has 0 aliphatic carbocycles. The summed E-state index contributed by atoms with van der Waals surface area (Å²) in [6.07, 6.45) is -0.165. The third kappa shape index (κ3) is 4.37. The molecular weight excluding hydrogens is 297 g/mol. The molecule has 1 aromatic rings. The molecule has 0 radical (unpaired) electrons. The molecule has 0 spiro atoms. The Bertz CT molecular complexity index is 496. The zero-order valence-corrected chi connectivity index (χ0v) is 13.6. The van der Waals surface area contributed by atoms with Crippen molar-refractivity contribution < 1.29 is 19.4 Å². The fourth-order valence-electron chi connectivity index (χ4n) is 3.36. The van der Waals surface area contributed by atoms with Gasteiger partial charge in [-0.2, -0.15) is 0 Å². The minimum Gasteiger partial charge on any atom is -0.389 e. The summed E-state index contributed by atoms with van der Waals surface area (Å²) in [5.41, 5.74) is 1.11. The second-order valence-corrected chi connectivity index (χ2v) is 6.24. The largest absolute Gasteiger partial charge is 0.389 e. The number of likely N-dealkylation sites (tertiary alicyclic amines) is 1. The lowest BCUT2D eigenvalue weighted by Crippen LogP contribution is -2.42. The van der Waals surface area contributed by atoms with Gasteiger partial charge in [0.2, 0.25) is 0 Å². The van der Waals surface area contributed by atoms with Crippen molar-refractivity contribution in [2.75, 3.05) is 13.2 Å². The Balaban J connectivity index is 2.07. The Morgan fingerprint density at radius 3 is 2.43 bits per heavy atom. The van der Waals surface area contributed by atoms with Gasteiger partial charge in [-0.3, -0.25) is 9.69 Å². The molecule has 4 atom stereocenters. The SMILES string of the molecule is CCCC(=O)C[C@@H]1[C@@H](O)[C@H](O)[C@@H](CF)N1CCc1ccccc1. The van der Waals surface area contributed by atoms with E-state index in [1.807, 2.05) is 37.3 Å². The van der Waals surface area contributed by atoms with E-state index >= 15 is 0 Å². The van der Waals surface area contributed by atoms with Crippen LogP contribution < -0.4 is 0 Å². The highest BCUT2D eigenvalue weighted by atomic mass is 19.1. The van der Waals surface area contributed by atoms with Crippen molar-refractivity contribution in [3.05, 3.63) is 35.9 Å². The molecule has 4 nitrogen and oxygen atoms in total. The fourth-order valence-corrected chi connectivity index (χ4v) is 3.36. The van der Waals surface area contributed by atoms with Gasteiger partial charge in [0.1, 0.15) is 12.5 Å². The van der Waals surface area contributed by atoms with E-state index in [2.05, 4.69) is 0 Å². The zero-order chi connectivity index (χ0) is 16.8. The summed E-state index contributed by atoms with van der Waals surface area (Å²) < 4.78 is 13.4. The van der Waals surface area contributed by atoms with Gasteiger partial charge >= 0.3 is 0 Å². The number of rotatable bonds is 8. The van der Waals surface area contributed by atoms with E-state index in [1.165, 1.54) is 0 Å². The Hall–Kier alpha value is -1.30. The Labute approximate surface area is 136 Å². The van der Waals surface area contributed by atoms with Gasteiger partial charge < -0.3 is 10.2 Å². The third-order valence-electron chi connectivity index (χ3n) is 4.62. The van der Waals surface area contributed by atoms with Crippen LogP contribution in [-0.4, -0.2) is 58.4 Å². The minimum atomic E-state index is -1.14. The van der Waals surface area contributed by atoms with Crippen molar-refractivity contribution in [3.8, 4) is 0 Å². The van der Waals surface area contributed by atoms with Gasteiger partial charge in [-0.1, -0.05) is 37.3 Å². The van der Waals surface area contributed by atoms with Crippen LogP contribution in [0.5, 0.6) is 0 Å². The van der Waals surface area contributed by atoms with Gasteiger partial charge in [-0.15, -0.1) is 0 Å². The molecule has 1 heterocycles. The van der Waals surface area contributed by atoms with Crippen LogP contribution in [0.3, 0.4) is 0 Å². The van der Waals surface area contributed by atoms with Crippen LogP contribution in [0.15, 0.2) is 30.3 Å². The maximum atomic E-state index is 13.4. The van der Waals surface area contributed by atoms with E-state index in [0.29, 0.717) is 19.4 Å². The van der Waals surface area contributed by atoms with Crippen LogP contribution in [-0.2, 0) is 11.2 Å². The zero-order valence-electron chi connectivity index (χ0n) is 13.6. The number of carbonyl (C=O) groups is 1. The van der Waals surface area contributed by atoms with Crippen molar-refractivity contribution >= 4 is 5.78 Å². The Morgan fingerprint density at radius 2 is 1.83 bits per heavy atom. The molecule has 128 valence electrons. The average Bonchev–Trinajstić information content (AvgIpc) is 2.78. The number of alkyl halides is 1. The molecule has 0 aromatic heterocycles. The molecule has 0 amide bonds. The first kappa shape index (κ1) is 18.0. The summed E-state index contributed by atoms with van der Waals surface area (Å²) in [6.45, 7) is 1.71. The van der Waals surface area contributed by atoms with E-state index < -0.39 is 31.0 Å². The van der Waals surface area contributed by atoms with Crippen LogP contribution in [0.2, 0.25) is 0 Å². The molecule has 1 saturated heterocycles. The summed E-state index contributed by atoms with van der Waals surface area (Å²) in [5, 5.41) is 20.3. The summed E-state index contributed by atoms with van der Waals surface area (Å²) in [7, 11) is 0. The average molecular weight is 323 g/mol. The van der Waals surface area contributed by atoms with E-state index in [4.69, 9.17) is 0 Å². The first-order valence-corrected chi connectivity index (χ1v) is 8.32. The third-order valence-corrected chi connectivity index (χ3v) is 4.62. The summed E-state index contributed by atoms with van der Waals surface area (Å²) >= 11 is 0. The molecule has 0 unspecified atom stereocenters. The number of hydrogen-bond acceptors (Lipinski definition) is 4. The lowest BCUT2D eigenvalue weighted by atomic mass is 10.0. The number of nitrogens with zero attached hydrogens (tertiary/aromatic N) is 1. The molecule has 1 fully saturated rings. The summed E-state index contributed by atoms with van der Waals surface area (Å²) in [4.78, 5) is 13.7. The van der Waals surface area contributed by atoms with Gasteiger partial charge in [-0.25, -0.2) is 4.39 Å². The van der Waals surface area contributed by atoms with Crippen LogP contribution in [0.25, 0.3) is 0 Å². The van der Waals surface area contributed by atoms with E-state index in [1.54, 1.807) is 4.90 Å². The molecule has 1 aliphatic rings. The monoisotopic (exact) mass is 323 g/mol. The van der Waals surface area contributed by atoms with Crippen molar-refractivity contribution in [1.82, 2.24) is 4.90 Å². The minimum absolute atomic E-state index is 0.0490. The van der Waals surface area contributed by atoms with Crippen LogP contribution in [0, 0.1) is 0 Å². The quantitative estimate of drug-likeness (QED) is 0.765. The van der Waals surface area contributed by atoms with Gasteiger partial charge in [-0.05, 0) is 18.4 Å². The van der Waals surface area contributed by atoms with Gasteiger partial charge in [0.05, 0.1) is 18.2 Å². The normalized spacial score (nSPS) is 28.2. The van der Waals surface area contributed by atoms with Crippen LogP contribution in [0.4, 0.5) is 4.39 Å². The molecule has 5 heteroatoms. The number of hydrogen-bond donors (Lipinski definition) is 2.